The minimum absolute atomic E-state index is 0.0121. The van der Waals surface area contributed by atoms with Gasteiger partial charge in [-0.15, -0.1) is 0 Å². The predicted octanol–water partition coefficient (Wildman–Crippen LogP) is 2.51. The molecule has 1 N–H and O–H groups in total. The van der Waals surface area contributed by atoms with Gasteiger partial charge in [0.1, 0.15) is 11.4 Å². The molecule has 7 nitrogen and oxygen atoms in total. The topological polar surface area (TPSA) is 92.8 Å². The molecule has 0 unspecified atom stereocenters. The average Bonchev–Trinajstić information content (AvgIpc) is 3.08. The van der Waals surface area contributed by atoms with Crippen LogP contribution in [0.4, 0.5) is 5.69 Å². The molecule has 0 aromatic heterocycles. The van der Waals surface area contributed by atoms with E-state index < -0.39 is 29.1 Å². The van der Waals surface area contributed by atoms with Crippen molar-refractivity contribution in [2.24, 2.45) is 0 Å². The summed E-state index contributed by atoms with van der Waals surface area (Å²) in [5.74, 6) is -1.23. The number of hydrogen-bond donors (Lipinski definition) is 1. The standard InChI is InChI=1S/C18H16BrClN2O5S/c19-13-5-6-16(14(20)9-13)28(25,26)21-10-18(24)27-11-17(23)22-8-7-12-3-1-2-4-15(12)22/h1-6,9,21H,7-8,10-11H2. The van der Waals surface area contributed by atoms with Crippen molar-refractivity contribution < 1.29 is 22.7 Å². The van der Waals surface area contributed by atoms with Gasteiger partial charge in [0.2, 0.25) is 10.0 Å². The largest absolute Gasteiger partial charge is 0.455 e. The summed E-state index contributed by atoms with van der Waals surface area (Å²) in [6, 6.07) is 11.8. The van der Waals surface area contributed by atoms with E-state index in [-0.39, 0.29) is 15.8 Å². The first kappa shape index (κ1) is 20.8. The predicted molar refractivity (Wildman–Crippen MR) is 108 cm³/mol. The van der Waals surface area contributed by atoms with Crippen LogP contribution in [0.5, 0.6) is 0 Å². The zero-order chi connectivity index (χ0) is 20.3. The lowest BCUT2D eigenvalue weighted by Crippen LogP contribution is -2.36. The number of para-hydroxylation sites is 1. The number of anilines is 1. The molecular weight excluding hydrogens is 472 g/mol. The molecule has 0 bridgehead atoms. The summed E-state index contributed by atoms with van der Waals surface area (Å²) < 4.78 is 32.2. The number of amides is 1. The maximum atomic E-state index is 12.3. The van der Waals surface area contributed by atoms with Gasteiger partial charge in [-0.1, -0.05) is 45.7 Å². The van der Waals surface area contributed by atoms with E-state index in [1.165, 1.54) is 18.2 Å². The van der Waals surface area contributed by atoms with E-state index in [1.54, 1.807) is 4.90 Å². The van der Waals surface area contributed by atoms with Crippen LogP contribution in [0.25, 0.3) is 0 Å². The third kappa shape index (κ3) is 4.72. The fourth-order valence-corrected chi connectivity index (χ4v) is 4.80. The monoisotopic (exact) mass is 486 g/mol. The third-order valence-electron chi connectivity index (χ3n) is 4.13. The van der Waals surface area contributed by atoms with Crippen LogP contribution < -0.4 is 9.62 Å². The van der Waals surface area contributed by atoms with Crippen molar-refractivity contribution in [1.29, 1.82) is 0 Å². The third-order valence-corrected chi connectivity index (χ3v) is 6.51. The molecule has 2 aromatic rings. The fourth-order valence-electron chi connectivity index (χ4n) is 2.79. The number of nitrogens with zero attached hydrogens (tertiary/aromatic N) is 1. The Bertz CT molecular complexity index is 1030. The number of hydrogen-bond acceptors (Lipinski definition) is 5. The van der Waals surface area contributed by atoms with Gasteiger partial charge in [0.05, 0.1) is 5.02 Å². The highest BCUT2D eigenvalue weighted by atomic mass is 79.9. The second kappa shape index (κ2) is 8.60. The maximum absolute atomic E-state index is 12.3. The number of sulfonamides is 1. The van der Waals surface area contributed by atoms with E-state index in [2.05, 4.69) is 20.7 Å². The Morgan fingerprint density at radius 3 is 2.71 bits per heavy atom. The van der Waals surface area contributed by atoms with Gasteiger partial charge in [-0.05, 0) is 36.2 Å². The molecule has 2 aromatic carbocycles. The van der Waals surface area contributed by atoms with E-state index >= 15 is 0 Å². The Kier molecular flexibility index (Phi) is 6.39. The Hall–Kier alpha value is -1.94. The molecular formula is C18H16BrClN2O5S. The van der Waals surface area contributed by atoms with E-state index in [0.717, 1.165) is 17.7 Å². The molecule has 3 rings (SSSR count). The highest BCUT2D eigenvalue weighted by Crippen LogP contribution is 2.27. The lowest BCUT2D eigenvalue weighted by Gasteiger charge is -2.17. The highest BCUT2D eigenvalue weighted by molar-refractivity contribution is 9.10. The van der Waals surface area contributed by atoms with Crippen LogP contribution in [0.2, 0.25) is 5.02 Å². The van der Waals surface area contributed by atoms with Gasteiger partial charge in [-0.3, -0.25) is 9.59 Å². The zero-order valence-corrected chi connectivity index (χ0v) is 17.7. The summed E-state index contributed by atoms with van der Waals surface area (Å²) in [7, 11) is -4.00. The molecule has 0 fully saturated rings. The number of halogens is 2. The Morgan fingerprint density at radius 2 is 1.96 bits per heavy atom. The Morgan fingerprint density at radius 1 is 1.21 bits per heavy atom. The molecule has 0 aliphatic carbocycles. The summed E-state index contributed by atoms with van der Waals surface area (Å²) in [4.78, 5) is 25.6. The molecule has 148 valence electrons. The molecule has 28 heavy (non-hydrogen) atoms. The van der Waals surface area contributed by atoms with Gasteiger partial charge in [-0.25, -0.2) is 8.42 Å². The molecule has 1 aliphatic heterocycles. The van der Waals surface area contributed by atoms with E-state index in [4.69, 9.17) is 16.3 Å². The second-order valence-corrected chi connectivity index (χ2v) is 9.04. The summed E-state index contributed by atoms with van der Waals surface area (Å²) in [5.41, 5.74) is 1.86. The molecule has 0 spiro atoms. The van der Waals surface area contributed by atoms with Crippen LogP contribution >= 0.6 is 27.5 Å². The average molecular weight is 488 g/mol. The number of rotatable bonds is 6. The molecule has 1 amide bonds. The first-order valence-electron chi connectivity index (χ1n) is 8.26. The van der Waals surface area contributed by atoms with Crippen LogP contribution in [0.1, 0.15) is 5.56 Å². The SMILES string of the molecule is O=C(CNS(=O)(=O)c1ccc(Br)cc1Cl)OCC(=O)N1CCc2ccccc21. The molecule has 1 aliphatic rings. The number of ether oxygens (including phenoxy) is 1. The van der Waals surface area contributed by atoms with Crippen molar-refractivity contribution in [3.63, 3.8) is 0 Å². The lowest BCUT2D eigenvalue weighted by molar-refractivity contribution is -0.146. The van der Waals surface area contributed by atoms with Gasteiger partial charge in [0, 0.05) is 16.7 Å². The molecule has 0 saturated heterocycles. The van der Waals surface area contributed by atoms with Crippen LogP contribution in [-0.4, -0.2) is 40.0 Å². The van der Waals surface area contributed by atoms with Crippen molar-refractivity contribution in [1.82, 2.24) is 4.72 Å². The first-order valence-corrected chi connectivity index (χ1v) is 10.9. The van der Waals surface area contributed by atoms with Gasteiger partial charge in [0.15, 0.2) is 6.61 Å². The Labute approximate surface area is 175 Å². The zero-order valence-electron chi connectivity index (χ0n) is 14.5. The van der Waals surface area contributed by atoms with Crippen molar-refractivity contribution in [2.75, 3.05) is 24.6 Å². The smallest absolute Gasteiger partial charge is 0.321 e. The van der Waals surface area contributed by atoms with Crippen LogP contribution in [0, 0.1) is 0 Å². The van der Waals surface area contributed by atoms with Crippen molar-refractivity contribution in [2.45, 2.75) is 11.3 Å². The summed E-state index contributed by atoms with van der Waals surface area (Å²) in [6.07, 6.45) is 0.740. The Balaban J connectivity index is 1.53. The number of carbonyl (C=O) groups excluding carboxylic acids is 2. The molecule has 1 heterocycles. The van der Waals surface area contributed by atoms with Crippen molar-refractivity contribution >= 4 is 55.1 Å². The van der Waals surface area contributed by atoms with Crippen molar-refractivity contribution in [3.8, 4) is 0 Å². The van der Waals surface area contributed by atoms with Crippen molar-refractivity contribution in [3.05, 3.63) is 57.5 Å². The number of benzene rings is 2. The summed E-state index contributed by atoms with van der Waals surface area (Å²) in [6.45, 7) is -0.559. The number of esters is 1. The number of nitrogens with one attached hydrogen (secondary N) is 1. The van der Waals surface area contributed by atoms with Crippen LogP contribution in [0.3, 0.4) is 0 Å². The fraction of sp³-hybridized carbons (Fsp3) is 0.222. The van der Waals surface area contributed by atoms with Gasteiger partial charge >= 0.3 is 5.97 Å². The van der Waals surface area contributed by atoms with E-state index in [0.29, 0.717) is 11.0 Å². The molecule has 0 radical (unpaired) electrons. The second-order valence-electron chi connectivity index (χ2n) is 5.98. The van der Waals surface area contributed by atoms with E-state index in [9.17, 15) is 18.0 Å². The van der Waals surface area contributed by atoms with Gasteiger partial charge < -0.3 is 9.64 Å². The van der Waals surface area contributed by atoms with Gasteiger partial charge in [0.25, 0.3) is 5.91 Å². The first-order chi connectivity index (χ1) is 13.3. The van der Waals surface area contributed by atoms with Gasteiger partial charge in [-0.2, -0.15) is 4.72 Å². The maximum Gasteiger partial charge on any atom is 0.321 e. The summed E-state index contributed by atoms with van der Waals surface area (Å²) >= 11 is 9.12. The highest BCUT2D eigenvalue weighted by Gasteiger charge is 2.25. The molecule has 10 heteroatoms. The minimum atomic E-state index is -4.00. The quantitative estimate of drug-likeness (QED) is 0.632. The number of fused-ring (bicyclic) bond motifs is 1. The number of carbonyl (C=O) groups is 2. The van der Waals surface area contributed by atoms with Crippen LogP contribution in [-0.2, 0) is 30.8 Å². The normalized spacial score (nSPS) is 13.3. The van der Waals surface area contributed by atoms with E-state index in [1.807, 2.05) is 24.3 Å². The summed E-state index contributed by atoms with van der Waals surface area (Å²) in [5, 5.41) is 0.0121. The molecule has 0 atom stereocenters. The van der Waals surface area contributed by atoms with Crippen LogP contribution in [0.15, 0.2) is 51.8 Å². The minimum Gasteiger partial charge on any atom is -0.455 e. The molecule has 0 saturated carbocycles. The lowest BCUT2D eigenvalue weighted by atomic mass is 10.2.